The van der Waals surface area contributed by atoms with E-state index in [1.807, 2.05) is 13.8 Å². The zero-order valence-electron chi connectivity index (χ0n) is 13.8. The first-order valence-corrected chi connectivity index (χ1v) is 7.51. The molecule has 0 bridgehead atoms. The molecule has 6 heteroatoms. The Labute approximate surface area is 135 Å². The highest BCUT2D eigenvalue weighted by atomic mass is 16.5. The molecular formula is C17H23NO5. The van der Waals surface area contributed by atoms with Gasteiger partial charge in [0.05, 0.1) is 0 Å². The summed E-state index contributed by atoms with van der Waals surface area (Å²) in [6.07, 6.45) is -0.528. The molecule has 0 fully saturated rings. The first kappa shape index (κ1) is 18.7. The molecular weight excluding hydrogens is 298 g/mol. The van der Waals surface area contributed by atoms with Crippen LogP contribution in [0.4, 0.5) is 0 Å². The number of rotatable bonds is 8. The number of hydrogen-bond donors (Lipinski definition) is 2. The van der Waals surface area contributed by atoms with Crippen LogP contribution in [0, 0.1) is 5.92 Å². The minimum Gasteiger partial charge on any atom is -0.481 e. The van der Waals surface area contributed by atoms with E-state index in [0.29, 0.717) is 17.7 Å². The maximum atomic E-state index is 12.1. The van der Waals surface area contributed by atoms with Gasteiger partial charge >= 0.3 is 5.97 Å². The van der Waals surface area contributed by atoms with E-state index >= 15 is 0 Å². The Bertz CT molecular complexity index is 582. The van der Waals surface area contributed by atoms with Crippen LogP contribution < -0.4 is 10.1 Å². The molecule has 0 radical (unpaired) electrons. The molecule has 0 aliphatic rings. The zero-order valence-corrected chi connectivity index (χ0v) is 13.8. The van der Waals surface area contributed by atoms with Crippen LogP contribution in [0.5, 0.6) is 5.75 Å². The number of carboxylic acid groups (broad SMARTS) is 1. The number of Topliss-reactive ketones (excluding diaryl/α,β-unsaturated/α-hetero) is 1. The number of amides is 1. The largest absolute Gasteiger partial charge is 0.481 e. The molecule has 0 aliphatic carbocycles. The van der Waals surface area contributed by atoms with E-state index < -0.39 is 24.0 Å². The summed E-state index contributed by atoms with van der Waals surface area (Å²) >= 11 is 0. The van der Waals surface area contributed by atoms with E-state index in [1.54, 1.807) is 24.3 Å². The number of ether oxygens (including phenoxy) is 1. The summed E-state index contributed by atoms with van der Waals surface area (Å²) in [6, 6.07) is 5.56. The summed E-state index contributed by atoms with van der Waals surface area (Å²) in [5, 5.41) is 11.6. The highest BCUT2D eigenvalue weighted by Gasteiger charge is 2.24. The molecule has 23 heavy (non-hydrogen) atoms. The van der Waals surface area contributed by atoms with Gasteiger partial charge in [-0.15, -0.1) is 0 Å². The van der Waals surface area contributed by atoms with Gasteiger partial charge in [0.15, 0.2) is 11.9 Å². The van der Waals surface area contributed by atoms with Crippen LogP contribution in [-0.2, 0) is 9.59 Å². The normalized spacial score (nSPS) is 13.3. The second-order valence-corrected chi connectivity index (χ2v) is 5.87. The molecule has 0 saturated carbocycles. The number of carbonyl (C=O) groups is 3. The van der Waals surface area contributed by atoms with Crippen molar-refractivity contribution in [1.29, 1.82) is 0 Å². The summed E-state index contributed by atoms with van der Waals surface area (Å²) < 4.78 is 5.50. The van der Waals surface area contributed by atoms with Crippen LogP contribution in [0.25, 0.3) is 0 Å². The molecule has 0 saturated heterocycles. The predicted octanol–water partition coefficient (Wildman–Crippen LogP) is 2.27. The number of ketones is 1. The van der Waals surface area contributed by atoms with Gasteiger partial charge in [0.2, 0.25) is 0 Å². The van der Waals surface area contributed by atoms with Crippen LogP contribution in [0.15, 0.2) is 24.3 Å². The maximum absolute atomic E-state index is 12.1. The van der Waals surface area contributed by atoms with Crippen LogP contribution in [0.1, 0.15) is 44.5 Å². The van der Waals surface area contributed by atoms with Gasteiger partial charge < -0.3 is 15.2 Å². The molecule has 126 valence electrons. The molecule has 0 spiro atoms. The molecule has 0 aromatic heterocycles. The van der Waals surface area contributed by atoms with E-state index in [0.717, 1.165) is 0 Å². The molecule has 1 aromatic carbocycles. The standard InChI is InChI=1S/C17H23NO5/c1-10(2)8-15(17(21)22)18-16(20)12(4)23-14-7-5-6-13(9-14)11(3)19/h5-7,9-10,12,15H,8H2,1-4H3,(H,18,20)(H,21,22)/t12?,15-/m1/s1. The number of benzene rings is 1. The molecule has 0 aliphatic heterocycles. The van der Waals surface area contributed by atoms with E-state index in [-0.39, 0.29) is 11.7 Å². The van der Waals surface area contributed by atoms with Gasteiger partial charge in [0.25, 0.3) is 5.91 Å². The van der Waals surface area contributed by atoms with Crippen LogP contribution >= 0.6 is 0 Å². The number of carbonyl (C=O) groups excluding carboxylic acids is 2. The quantitative estimate of drug-likeness (QED) is 0.717. The van der Waals surface area contributed by atoms with Crippen molar-refractivity contribution in [3.63, 3.8) is 0 Å². The Morgan fingerprint density at radius 1 is 1.22 bits per heavy atom. The first-order chi connectivity index (χ1) is 10.7. The Balaban J connectivity index is 2.71. The number of carboxylic acids is 1. The zero-order chi connectivity index (χ0) is 17.6. The van der Waals surface area contributed by atoms with Gasteiger partial charge in [-0.1, -0.05) is 26.0 Å². The average Bonchev–Trinajstić information content (AvgIpc) is 2.46. The fourth-order valence-corrected chi connectivity index (χ4v) is 2.03. The predicted molar refractivity (Wildman–Crippen MR) is 85.6 cm³/mol. The monoisotopic (exact) mass is 321 g/mol. The molecule has 1 amide bonds. The highest BCUT2D eigenvalue weighted by molar-refractivity contribution is 5.94. The van der Waals surface area contributed by atoms with Crippen molar-refractivity contribution in [1.82, 2.24) is 5.32 Å². The number of aliphatic carboxylic acids is 1. The summed E-state index contributed by atoms with van der Waals surface area (Å²) in [5.74, 6) is -1.16. The van der Waals surface area contributed by atoms with Crippen molar-refractivity contribution in [2.24, 2.45) is 5.92 Å². The lowest BCUT2D eigenvalue weighted by molar-refractivity contribution is -0.143. The third-order valence-corrected chi connectivity index (χ3v) is 3.24. The first-order valence-electron chi connectivity index (χ1n) is 7.51. The van der Waals surface area contributed by atoms with Crippen LogP contribution in [-0.4, -0.2) is 34.9 Å². The molecule has 0 heterocycles. The smallest absolute Gasteiger partial charge is 0.326 e. The topological polar surface area (TPSA) is 92.7 Å². The minimum absolute atomic E-state index is 0.101. The SMILES string of the molecule is CC(=O)c1cccc(OC(C)C(=O)N[C@H](CC(C)C)C(=O)O)c1. The van der Waals surface area contributed by atoms with Gasteiger partial charge in [-0.25, -0.2) is 4.79 Å². The summed E-state index contributed by atoms with van der Waals surface area (Å²) in [4.78, 5) is 34.6. The lowest BCUT2D eigenvalue weighted by Crippen LogP contribution is -2.46. The van der Waals surface area contributed by atoms with Gasteiger partial charge in [-0.3, -0.25) is 9.59 Å². The lowest BCUT2D eigenvalue weighted by atomic mass is 10.0. The average molecular weight is 321 g/mol. The van der Waals surface area contributed by atoms with Gasteiger partial charge in [0.1, 0.15) is 11.8 Å². The third kappa shape index (κ3) is 6.10. The molecule has 1 unspecified atom stereocenters. The molecule has 2 atom stereocenters. The number of hydrogen-bond acceptors (Lipinski definition) is 4. The van der Waals surface area contributed by atoms with Crippen LogP contribution in [0.2, 0.25) is 0 Å². The lowest BCUT2D eigenvalue weighted by Gasteiger charge is -2.20. The van der Waals surface area contributed by atoms with Crippen molar-refractivity contribution in [3.05, 3.63) is 29.8 Å². The van der Waals surface area contributed by atoms with E-state index in [1.165, 1.54) is 13.8 Å². The Morgan fingerprint density at radius 2 is 1.87 bits per heavy atom. The van der Waals surface area contributed by atoms with Crippen molar-refractivity contribution >= 4 is 17.7 Å². The second kappa shape index (κ2) is 8.31. The van der Waals surface area contributed by atoms with Crippen molar-refractivity contribution in [3.8, 4) is 5.75 Å². The summed E-state index contributed by atoms with van der Waals surface area (Å²) in [6.45, 7) is 6.74. The molecule has 1 rings (SSSR count). The Morgan fingerprint density at radius 3 is 2.39 bits per heavy atom. The minimum atomic E-state index is -1.07. The van der Waals surface area contributed by atoms with Crippen LogP contribution in [0.3, 0.4) is 0 Å². The fraction of sp³-hybridized carbons (Fsp3) is 0.471. The van der Waals surface area contributed by atoms with Crippen molar-refractivity contribution in [2.45, 2.75) is 46.3 Å². The number of nitrogens with one attached hydrogen (secondary N) is 1. The molecule has 6 nitrogen and oxygen atoms in total. The second-order valence-electron chi connectivity index (χ2n) is 5.87. The van der Waals surface area contributed by atoms with Gasteiger partial charge in [-0.2, -0.15) is 0 Å². The maximum Gasteiger partial charge on any atom is 0.326 e. The molecule has 2 N–H and O–H groups in total. The fourth-order valence-electron chi connectivity index (χ4n) is 2.03. The summed E-state index contributed by atoms with van der Waals surface area (Å²) in [7, 11) is 0. The van der Waals surface area contributed by atoms with E-state index in [9.17, 15) is 14.4 Å². The van der Waals surface area contributed by atoms with E-state index in [4.69, 9.17) is 9.84 Å². The Hall–Kier alpha value is -2.37. The molecule has 1 aromatic rings. The van der Waals surface area contributed by atoms with Crippen molar-refractivity contribution in [2.75, 3.05) is 0 Å². The van der Waals surface area contributed by atoms with Gasteiger partial charge in [-0.05, 0) is 38.3 Å². The Kier molecular flexibility index (Phi) is 6.75. The van der Waals surface area contributed by atoms with E-state index in [2.05, 4.69) is 5.32 Å². The third-order valence-electron chi connectivity index (χ3n) is 3.24. The summed E-state index contributed by atoms with van der Waals surface area (Å²) in [5.41, 5.74) is 0.485. The van der Waals surface area contributed by atoms with Gasteiger partial charge in [0, 0.05) is 5.56 Å². The highest BCUT2D eigenvalue weighted by Crippen LogP contribution is 2.15. The van der Waals surface area contributed by atoms with Crippen molar-refractivity contribution < 1.29 is 24.2 Å².